The summed E-state index contributed by atoms with van der Waals surface area (Å²) in [5.41, 5.74) is 5.95. The van der Waals surface area contributed by atoms with Gasteiger partial charge in [-0.1, -0.05) is 0 Å². The third-order valence-corrected chi connectivity index (χ3v) is 2.38. The molecular weight excluding hydrogens is 292 g/mol. The van der Waals surface area contributed by atoms with Crippen LogP contribution in [0.4, 0.5) is 29.3 Å². The number of nitrogen functional groups attached to an aromatic ring is 1. The third kappa shape index (κ3) is 3.65. The zero-order chi connectivity index (χ0) is 15.6. The van der Waals surface area contributed by atoms with Crippen molar-refractivity contribution in [2.45, 2.75) is 6.18 Å². The van der Waals surface area contributed by atoms with Crippen LogP contribution in [0.3, 0.4) is 0 Å². The SMILES string of the molecule is Nc1nc(NC(=O)C(F)(F)F)cc(-c2ccc(F)cc2)n1. The fraction of sp³-hybridized carbons (Fsp3) is 0.0833. The van der Waals surface area contributed by atoms with Crippen LogP contribution in [-0.4, -0.2) is 22.1 Å². The van der Waals surface area contributed by atoms with Gasteiger partial charge in [-0.25, -0.2) is 9.37 Å². The maximum Gasteiger partial charge on any atom is 0.471 e. The summed E-state index contributed by atoms with van der Waals surface area (Å²) in [6.45, 7) is 0. The number of amides is 1. The summed E-state index contributed by atoms with van der Waals surface area (Å²) in [4.78, 5) is 18.2. The zero-order valence-corrected chi connectivity index (χ0v) is 10.3. The van der Waals surface area contributed by atoms with Gasteiger partial charge in [-0.05, 0) is 24.3 Å². The molecule has 21 heavy (non-hydrogen) atoms. The first-order valence-corrected chi connectivity index (χ1v) is 5.54. The summed E-state index contributed by atoms with van der Waals surface area (Å²) in [6, 6.07) is 6.15. The lowest BCUT2D eigenvalue weighted by atomic mass is 10.1. The van der Waals surface area contributed by atoms with E-state index in [0.717, 1.165) is 18.2 Å². The zero-order valence-electron chi connectivity index (χ0n) is 10.3. The molecule has 0 atom stereocenters. The summed E-state index contributed by atoms with van der Waals surface area (Å²) >= 11 is 0. The van der Waals surface area contributed by atoms with Crippen molar-refractivity contribution in [3.63, 3.8) is 0 Å². The predicted molar refractivity (Wildman–Crippen MR) is 66.5 cm³/mol. The summed E-state index contributed by atoms with van der Waals surface area (Å²) in [5.74, 6) is -3.38. The van der Waals surface area contributed by atoms with Gasteiger partial charge in [-0.3, -0.25) is 4.79 Å². The minimum Gasteiger partial charge on any atom is -0.368 e. The Balaban J connectivity index is 2.33. The molecular formula is C12H8F4N4O. The first kappa shape index (κ1) is 14.7. The van der Waals surface area contributed by atoms with E-state index in [1.807, 2.05) is 0 Å². The molecule has 0 aliphatic carbocycles. The number of rotatable bonds is 2. The van der Waals surface area contributed by atoms with Gasteiger partial charge >= 0.3 is 12.1 Å². The average Bonchev–Trinajstić information content (AvgIpc) is 2.37. The highest BCUT2D eigenvalue weighted by Crippen LogP contribution is 2.23. The molecule has 0 saturated heterocycles. The van der Waals surface area contributed by atoms with Gasteiger partial charge in [0.2, 0.25) is 5.95 Å². The van der Waals surface area contributed by atoms with Crippen LogP contribution in [0.1, 0.15) is 0 Å². The number of benzene rings is 1. The average molecular weight is 300 g/mol. The maximum absolute atomic E-state index is 12.8. The molecule has 3 N–H and O–H groups in total. The summed E-state index contributed by atoms with van der Waals surface area (Å²) in [6.07, 6.45) is -5.05. The second-order valence-corrected chi connectivity index (χ2v) is 3.96. The van der Waals surface area contributed by atoms with E-state index in [2.05, 4.69) is 9.97 Å². The molecule has 110 valence electrons. The Hall–Kier alpha value is -2.71. The van der Waals surface area contributed by atoms with Gasteiger partial charge in [0.15, 0.2) is 0 Å². The fourth-order valence-electron chi connectivity index (χ4n) is 1.49. The van der Waals surface area contributed by atoms with E-state index in [4.69, 9.17) is 5.73 Å². The number of nitrogens with one attached hydrogen (secondary N) is 1. The van der Waals surface area contributed by atoms with E-state index in [9.17, 15) is 22.4 Å². The van der Waals surface area contributed by atoms with E-state index >= 15 is 0 Å². The normalized spacial score (nSPS) is 11.2. The number of halogens is 4. The molecule has 1 aromatic heterocycles. The Morgan fingerprint density at radius 1 is 1.14 bits per heavy atom. The molecule has 0 fully saturated rings. The summed E-state index contributed by atoms with van der Waals surface area (Å²) in [7, 11) is 0. The molecule has 1 amide bonds. The maximum atomic E-state index is 12.8. The first-order valence-electron chi connectivity index (χ1n) is 5.54. The lowest BCUT2D eigenvalue weighted by molar-refractivity contribution is -0.167. The highest BCUT2D eigenvalue weighted by molar-refractivity contribution is 5.94. The molecule has 5 nitrogen and oxygen atoms in total. The number of carbonyl (C=O) groups is 1. The number of carbonyl (C=O) groups excluding carboxylic acids is 1. The van der Waals surface area contributed by atoms with Crippen LogP contribution >= 0.6 is 0 Å². The van der Waals surface area contributed by atoms with Crippen molar-refractivity contribution in [1.29, 1.82) is 0 Å². The van der Waals surface area contributed by atoms with Crippen molar-refractivity contribution in [1.82, 2.24) is 9.97 Å². The first-order chi connectivity index (χ1) is 9.75. The van der Waals surface area contributed by atoms with E-state index < -0.39 is 23.7 Å². The molecule has 2 rings (SSSR count). The monoisotopic (exact) mass is 300 g/mol. The topological polar surface area (TPSA) is 80.9 Å². The molecule has 0 bridgehead atoms. The van der Waals surface area contributed by atoms with E-state index in [1.165, 1.54) is 12.1 Å². The van der Waals surface area contributed by atoms with Crippen LogP contribution in [0.25, 0.3) is 11.3 Å². The van der Waals surface area contributed by atoms with Gasteiger partial charge in [-0.2, -0.15) is 18.2 Å². The van der Waals surface area contributed by atoms with Crippen LogP contribution in [0.2, 0.25) is 0 Å². The van der Waals surface area contributed by atoms with Crippen LogP contribution < -0.4 is 11.1 Å². The van der Waals surface area contributed by atoms with Crippen molar-refractivity contribution in [3.05, 3.63) is 36.1 Å². The number of nitrogens with two attached hydrogens (primary N) is 1. The predicted octanol–water partition coefficient (Wildman–Crippen LogP) is 2.37. The third-order valence-electron chi connectivity index (χ3n) is 2.38. The Kier molecular flexibility index (Phi) is 3.74. The number of nitrogens with zero attached hydrogens (tertiary/aromatic N) is 2. The van der Waals surface area contributed by atoms with Crippen LogP contribution in [0.15, 0.2) is 30.3 Å². The molecule has 1 heterocycles. The van der Waals surface area contributed by atoms with Crippen LogP contribution in [0.5, 0.6) is 0 Å². The quantitative estimate of drug-likeness (QED) is 0.834. The molecule has 2 aromatic rings. The second kappa shape index (κ2) is 5.35. The smallest absolute Gasteiger partial charge is 0.368 e. The Morgan fingerprint density at radius 3 is 2.33 bits per heavy atom. The standard InChI is InChI=1S/C12H8F4N4O/c13-7-3-1-6(2-4-7)8-5-9(20-11(17)18-8)19-10(21)12(14,15)16/h1-5H,(H3,17,18,19,20,21). The van der Waals surface area contributed by atoms with Crippen LogP contribution in [-0.2, 0) is 4.79 Å². The van der Waals surface area contributed by atoms with Crippen molar-refractivity contribution in [3.8, 4) is 11.3 Å². The lowest BCUT2D eigenvalue weighted by Crippen LogP contribution is -2.30. The Bertz CT molecular complexity index is 670. The van der Waals surface area contributed by atoms with Gasteiger partial charge in [0.1, 0.15) is 11.6 Å². The van der Waals surface area contributed by atoms with Gasteiger partial charge < -0.3 is 11.1 Å². The van der Waals surface area contributed by atoms with E-state index in [0.29, 0.717) is 5.56 Å². The number of aromatic nitrogens is 2. The molecule has 0 saturated carbocycles. The number of hydrogen-bond donors (Lipinski definition) is 2. The van der Waals surface area contributed by atoms with E-state index in [-0.39, 0.29) is 11.6 Å². The number of hydrogen-bond acceptors (Lipinski definition) is 4. The van der Waals surface area contributed by atoms with Crippen LogP contribution in [0, 0.1) is 5.82 Å². The Labute approximate surface area is 115 Å². The van der Waals surface area contributed by atoms with Crippen molar-refractivity contribution < 1.29 is 22.4 Å². The largest absolute Gasteiger partial charge is 0.471 e. The minimum absolute atomic E-state index is 0.153. The van der Waals surface area contributed by atoms with Gasteiger partial charge in [-0.15, -0.1) is 0 Å². The van der Waals surface area contributed by atoms with E-state index in [1.54, 1.807) is 5.32 Å². The summed E-state index contributed by atoms with van der Waals surface area (Å²) < 4.78 is 49.3. The van der Waals surface area contributed by atoms with Gasteiger partial charge in [0, 0.05) is 11.6 Å². The van der Waals surface area contributed by atoms with Crippen molar-refractivity contribution in [2.75, 3.05) is 11.1 Å². The number of alkyl halides is 3. The molecule has 1 aromatic carbocycles. The van der Waals surface area contributed by atoms with Crippen molar-refractivity contribution >= 4 is 17.7 Å². The minimum atomic E-state index is -5.05. The lowest BCUT2D eigenvalue weighted by Gasteiger charge is -2.09. The molecule has 0 radical (unpaired) electrons. The highest BCUT2D eigenvalue weighted by atomic mass is 19.4. The highest BCUT2D eigenvalue weighted by Gasteiger charge is 2.39. The van der Waals surface area contributed by atoms with Gasteiger partial charge in [0.25, 0.3) is 0 Å². The van der Waals surface area contributed by atoms with Gasteiger partial charge in [0.05, 0.1) is 5.69 Å². The molecule has 9 heteroatoms. The fourth-order valence-corrected chi connectivity index (χ4v) is 1.49. The second-order valence-electron chi connectivity index (χ2n) is 3.96. The Morgan fingerprint density at radius 2 is 1.76 bits per heavy atom. The number of anilines is 2. The molecule has 0 unspecified atom stereocenters. The molecule has 0 aliphatic heterocycles. The molecule has 0 spiro atoms. The van der Waals surface area contributed by atoms with Crippen molar-refractivity contribution in [2.24, 2.45) is 0 Å². The summed E-state index contributed by atoms with van der Waals surface area (Å²) in [5, 5.41) is 1.58. The molecule has 0 aliphatic rings.